The smallest absolute Gasteiger partial charge is 0.232 e. The molecule has 110 valence electrons. The van der Waals surface area contributed by atoms with Crippen molar-refractivity contribution in [3.8, 4) is 0 Å². The fourth-order valence-corrected chi connectivity index (χ4v) is 2.81. The van der Waals surface area contributed by atoms with E-state index in [2.05, 4.69) is 4.90 Å². The Morgan fingerprint density at radius 3 is 2.84 bits per heavy atom. The standard InChI is InChI=1S/C13H25N3O3/c1-13(10-19-9-11(13)14)12(18)16-4-2-3-15(5-6-16)7-8-17/h11,17H,2-10,14H2,1H3. The van der Waals surface area contributed by atoms with Crippen molar-refractivity contribution in [3.63, 3.8) is 0 Å². The van der Waals surface area contributed by atoms with Crippen molar-refractivity contribution in [2.24, 2.45) is 11.1 Å². The number of nitrogens with zero attached hydrogens (tertiary/aromatic N) is 2. The number of rotatable bonds is 3. The zero-order chi connectivity index (χ0) is 13.9. The number of hydrogen-bond acceptors (Lipinski definition) is 5. The van der Waals surface area contributed by atoms with E-state index >= 15 is 0 Å². The SMILES string of the molecule is CC1(C(=O)N2CCCN(CCO)CC2)COCC1N. The number of aliphatic hydroxyl groups excluding tert-OH is 1. The van der Waals surface area contributed by atoms with Gasteiger partial charge in [0.15, 0.2) is 0 Å². The number of ether oxygens (including phenoxy) is 1. The van der Waals surface area contributed by atoms with Crippen molar-refractivity contribution >= 4 is 5.91 Å². The van der Waals surface area contributed by atoms with Crippen molar-refractivity contribution in [2.45, 2.75) is 19.4 Å². The largest absolute Gasteiger partial charge is 0.395 e. The summed E-state index contributed by atoms with van der Waals surface area (Å²) in [7, 11) is 0. The Bertz CT molecular complexity index is 326. The summed E-state index contributed by atoms with van der Waals surface area (Å²) < 4.78 is 5.36. The molecular weight excluding hydrogens is 246 g/mol. The van der Waals surface area contributed by atoms with Crippen LogP contribution < -0.4 is 5.73 Å². The molecule has 0 spiro atoms. The van der Waals surface area contributed by atoms with Crippen LogP contribution in [-0.4, -0.2) is 79.4 Å². The maximum absolute atomic E-state index is 12.6. The summed E-state index contributed by atoms with van der Waals surface area (Å²) in [4.78, 5) is 16.8. The van der Waals surface area contributed by atoms with E-state index in [-0.39, 0.29) is 18.6 Å². The molecule has 19 heavy (non-hydrogen) atoms. The molecule has 0 aromatic heterocycles. The van der Waals surface area contributed by atoms with Crippen molar-refractivity contribution in [1.82, 2.24) is 9.80 Å². The Morgan fingerprint density at radius 2 is 2.21 bits per heavy atom. The molecule has 2 heterocycles. The number of hydrogen-bond donors (Lipinski definition) is 2. The average molecular weight is 271 g/mol. The highest BCUT2D eigenvalue weighted by Crippen LogP contribution is 2.29. The van der Waals surface area contributed by atoms with Gasteiger partial charge in [0.05, 0.1) is 25.2 Å². The second-order valence-electron chi connectivity index (χ2n) is 5.75. The maximum Gasteiger partial charge on any atom is 0.232 e. The molecule has 3 N–H and O–H groups in total. The molecule has 2 saturated heterocycles. The molecular formula is C13H25N3O3. The fourth-order valence-electron chi connectivity index (χ4n) is 2.81. The first kappa shape index (κ1) is 14.7. The molecule has 0 saturated carbocycles. The molecule has 2 aliphatic heterocycles. The summed E-state index contributed by atoms with van der Waals surface area (Å²) in [6.45, 7) is 6.87. The number of nitrogens with two attached hydrogens (primary N) is 1. The van der Waals surface area contributed by atoms with Crippen molar-refractivity contribution < 1.29 is 14.6 Å². The number of carbonyl (C=O) groups is 1. The quantitative estimate of drug-likeness (QED) is 0.679. The van der Waals surface area contributed by atoms with Gasteiger partial charge in [-0.3, -0.25) is 9.69 Å². The van der Waals surface area contributed by atoms with Gasteiger partial charge >= 0.3 is 0 Å². The molecule has 0 bridgehead atoms. The third-order valence-corrected chi connectivity index (χ3v) is 4.30. The predicted molar refractivity (Wildman–Crippen MR) is 71.6 cm³/mol. The van der Waals surface area contributed by atoms with Gasteiger partial charge in [0.1, 0.15) is 0 Å². The van der Waals surface area contributed by atoms with Crippen LogP contribution in [0.2, 0.25) is 0 Å². The summed E-state index contributed by atoms with van der Waals surface area (Å²) in [6, 6.07) is -0.211. The third kappa shape index (κ3) is 3.08. The van der Waals surface area contributed by atoms with Gasteiger partial charge in [0.2, 0.25) is 5.91 Å². The number of amides is 1. The highest BCUT2D eigenvalue weighted by atomic mass is 16.5. The van der Waals surface area contributed by atoms with Gasteiger partial charge in [-0.2, -0.15) is 0 Å². The predicted octanol–water partition coefficient (Wildman–Crippen LogP) is -1.12. The maximum atomic E-state index is 12.6. The van der Waals surface area contributed by atoms with Crippen LogP contribution in [0.5, 0.6) is 0 Å². The van der Waals surface area contributed by atoms with Crippen LogP contribution in [0.1, 0.15) is 13.3 Å². The second-order valence-corrected chi connectivity index (χ2v) is 5.75. The van der Waals surface area contributed by atoms with Crippen LogP contribution in [0.4, 0.5) is 0 Å². The highest BCUT2D eigenvalue weighted by Gasteiger charge is 2.46. The topological polar surface area (TPSA) is 79.0 Å². The van der Waals surface area contributed by atoms with Crippen LogP contribution in [-0.2, 0) is 9.53 Å². The van der Waals surface area contributed by atoms with E-state index < -0.39 is 5.41 Å². The van der Waals surface area contributed by atoms with E-state index in [4.69, 9.17) is 15.6 Å². The Kier molecular flexibility index (Phi) is 4.78. The normalized spacial score (nSPS) is 33.4. The lowest BCUT2D eigenvalue weighted by Crippen LogP contribution is -2.52. The van der Waals surface area contributed by atoms with E-state index in [9.17, 15) is 4.79 Å². The zero-order valence-corrected chi connectivity index (χ0v) is 11.7. The fraction of sp³-hybridized carbons (Fsp3) is 0.923. The molecule has 6 nitrogen and oxygen atoms in total. The van der Waals surface area contributed by atoms with Gasteiger partial charge in [-0.25, -0.2) is 0 Å². The minimum atomic E-state index is -0.577. The van der Waals surface area contributed by atoms with Gasteiger partial charge in [-0.05, 0) is 19.9 Å². The first-order valence-electron chi connectivity index (χ1n) is 7.04. The van der Waals surface area contributed by atoms with E-state index in [0.29, 0.717) is 26.3 Å². The van der Waals surface area contributed by atoms with Crippen LogP contribution in [0.25, 0.3) is 0 Å². The lowest BCUT2D eigenvalue weighted by molar-refractivity contribution is -0.141. The van der Waals surface area contributed by atoms with Gasteiger partial charge in [-0.1, -0.05) is 0 Å². The van der Waals surface area contributed by atoms with Crippen LogP contribution >= 0.6 is 0 Å². The molecule has 0 aromatic carbocycles. The molecule has 2 rings (SSSR count). The Morgan fingerprint density at radius 1 is 1.42 bits per heavy atom. The lowest BCUT2D eigenvalue weighted by atomic mass is 9.84. The summed E-state index contributed by atoms with van der Waals surface area (Å²) in [6.07, 6.45) is 0.942. The van der Waals surface area contributed by atoms with Crippen molar-refractivity contribution in [1.29, 1.82) is 0 Å². The lowest BCUT2D eigenvalue weighted by Gasteiger charge is -2.32. The molecule has 0 aliphatic carbocycles. The van der Waals surface area contributed by atoms with Gasteiger partial charge in [0.25, 0.3) is 0 Å². The Hall–Kier alpha value is -0.690. The molecule has 2 unspecified atom stereocenters. The van der Waals surface area contributed by atoms with Crippen LogP contribution in [0.15, 0.2) is 0 Å². The zero-order valence-electron chi connectivity index (χ0n) is 11.7. The molecule has 1 amide bonds. The van der Waals surface area contributed by atoms with Gasteiger partial charge in [-0.15, -0.1) is 0 Å². The minimum Gasteiger partial charge on any atom is -0.395 e. The molecule has 0 aromatic rings. The van der Waals surface area contributed by atoms with Crippen LogP contribution in [0, 0.1) is 5.41 Å². The first-order chi connectivity index (χ1) is 9.08. The second kappa shape index (κ2) is 6.17. The Balaban J connectivity index is 1.96. The number of carbonyl (C=O) groups excluding carboxylic acids is 1. The van der Waals surface area contributed by atoms with Crippen molar-refractivity contribution in [2.75, 3.05) is 52.5 Å². The number of aliphatic hydroxyl groups is 1. The third-order valence-electron chi connectivity index (χ3n) is 4.30. The summed E-state index contributed by atoms with van der Waals surface area (Å²) in [5.41, 5.74) is 5.44. The Labute approximate surface area is 114 Å². The van der Waals surface area contributed by atoms with E-state index in [1.807, 2.05) is 11.8 Å². The molecule has 2 aliphatic rings. The van der Waals surface area contributed by atoms with E-state index in [1.54, 1.807) is 0 Å². The summed E-state index contributed by atoms with van der Waals surface area (Å²) in [5, 5.41) is 8.98. The highest BCUT2D eigenvalue weighted by molar-refractivity contribution is 5.83. The summed E-state index contributed by atoms with van der Waals surface area (Å²) >= 11 is 0. The van der Waals surface area contributed by atoms with E-state index in [1.165, 1.54) is 0 Å². The molecule has 2 fully saturated rings. The van der Waals surface area contributed by atoms with Gasteiger partial charge in [0, 0.05) is 32.2 Å². The number of β-amino-alcohol motifs (C(OH)–C–C–N with tert-alkyl or cyclic N) is 1. The van der Waals surface area contributed by atoms with Crippen LogP contribution in [0.3, 0.4) is 0 Å². The average Bonchev–Trinajstić information content (AvgIpc) is 2.62. The monoisotopic (exact) mass is 271 g/mol. The van der Waals surface area contributed by atoms with Crippen molar-refractivity contribution in [3.05, 3.63) is 0 Å². The first-order valence-corrected chi connectivity index (χ1v) is 7.04. The summed E-state index contributed by atoms with van der Waals surface area (Å²) in [5.74, 6) is 0.114. The molecule has 6 heteroatoms. The van der Waals surface area contributed by atoms with Gasteiger partial charge < -0.3 is 20.5 Å². The molecule has 0 radical (unpaired) electrons. The molecule has 2 atom stereocenters. The minimum absolute atomic E-state index is 0.114. The van der Waals surface area contributed by atoms with E-state index in [0.717, 1.165) is 26.1 Å².